The number of carbonyl (C=O) groups excluding carboxylic acids is 5. The second-order valence-electron chi connectivity index (χ2n) is 15.6. The first-order valence-corrected chi connectivity index (χ1v) is 17.5. The van der Waals surface area contributed by atoms with E-state index in [1.165, 1.54) is 17.4 Å². The minimum atomic E-state index is -0.994. The van der Waals surface area contributed by atoms with Gasteiger partial charge in [-0.25, -0.2) is 9.97 Å². The van der Waals surface area contributed by atoms with Crippen molar-refractivity contribution < 1.29 is 32.8 Å². The van der Waals surface area contributed by atoms with Gasteiger partial charge in [-0.05, 0) is 42.1 Å². The predicted molar refractivity (Wildman–Crippen MR) is 184 cm³/mol. The normalized spacial score (nSPS) is 26.4. The molecule has 1 aromatic carbocycles. The SMILES string of the molecule is CC(C)C[C@H]1NC(=O)c2coc(n2)[C@H](Cc2ccccc2)NC(=O)[C@@H]2C[C@H](NC(=O)C3C(C)(C)C3(C)C)CN2C(=O)c2coc(n2)[C@@H](C)NC1=O. The summed E-state index contributed by atoms with van der Waals surface area (Å²) in [5, 5.41) is 11.7. The molecule has 4 heterocycles. The van der Waals surface area contributed by atoms with E-state index in [-0.39, 0.29) is 71.1 Å². The first kappa shape index (κ1) is 35.8. The van der Waals surface area contributed by atoms with E-state index >= 15 is 0 Å². The number of nitrogens with one attached hydrogen (secondary N) is 4. The summed E-state index contributed by atoms with van der Waals surface area (Å²) >= 11 is 0. The molecule has 2 aromatic heterocycles. The van der Waals surface area contributed by atoms with Crippen molar-refractivity contribution in [2.45, 2.75) is 97.9 Å². The topological polar surface area (TPSA) is 189 Å². The predicted octanol–water partition coefficient (Wildman–Crippen LogP) is 3.48. The summed E-state index contributed by atoms with van der Waals surface area (Å²) in [4.78, 5) is 78.9. The van der Waals surface area contributed by atoms with Gasteiger partial charge in [-0.3, -0.25) is 24.0 Å². The quantitative estimate of drug-likeness (QED) is 0.298. The Morgan fingerprint density at radius 2 is 1.55 bits per heavy atom. The average Bonchev–Trinajstić information content (AvgIpc) is 3.71. The lowest BCUT2D eigenvalue weighted by Crippen LogP contribution is -2.48. The van der Waals surface area contributed by atoms with Crippen molar-refractivity contribution in [2.75, 3.05) is 6.54 Å². The van der Waals surface area contributed by atoms with Gasteiger partial charge in [-0.2, -0.15) is 0 Å². The van der Waals surface area contributed by atoms with E-state index in [2.05, 4.69) is 58.9 Å². The number of hydrogen-bond donors (Lipinski definition) is 4. The van der Waals surface area contributed by atoms with Crippen molar-refractivity contribution in [1.29, 1.82) is 0 Å². The minimum Gasteiger partial charge on any atom is -0.446 e. The van der Waals surface area contributed by atoms with E-state index < -0.39 is 53.8 Å². The molecule has 0 radical (unpaired) electrons. The molecule has 3 aromatic rings. The lowest BCUT2D eigenvalue weighted by Gasteiger charge is -2.25. The Balaban J connectivity index is 1.35. The minimum absolute atomic E-state index is 0.0494. The Bertz CT molecular complexity index is 1800. The van der Waals surface area contributed by atoms with Gasteiger partial charge in [0.15, 0.2) is 11.4 Å². The summed E-state index contributed by atoms with van der Waals surface area (Å²) in [7, 11) is 0. The molecule has 5 amide bonds. The summed E-state index contributed by atoms with van der Waals surface area (Å²) < 4.78 is 11.4. The van der Waals surface area contributed by atoms with E-state index in [1.807, 2.05) is 44.2 Å². The van der Waals surface area contributed by atoms with Crippen molar-refractivity contribution in [1.82, 2.24) is 36.1 Å². The molecule has 14 heteroatoms. The Kier molecular flexibility index (Phi) is 9.55. The molecule has 3 aliphatic rings. The van der Waals surface area contributed by atoms with Crippen LogP contribution in [0.4, 0.5) is 0 Å². The number of benzene rings is 1. The molecular weight excluding hydrogens is 654 g/mol. The number of aromatic nitrogens is 2. The van der Waals surface area contributed by atoms with Gasteiger partial charge in [0, 0.05) is 24.9 Å². The number of amides is 5. The first-order chi connectivity index (χ1) is 24.1. The zero-order chi connectivity index (χ0) is 36.8. The van der Waals surface area contributed by atoms with Gasteiger partial charge in [0.1, 0.15) is 36.7 Å². The molecular formula is C37H47N7O7. The second kappa shape index (κ2) is 13.6. The van der Waals surface area contributed by atoms with Crippen LogP contribution >= 0.6 is 0 Å². The highest BCUT2D eigenvalue weighted by Gasteiger charge is 2.68. The van der Waals surface area contributed by atoms with Crippen molar-refractivity contribution in [3.63, 3.8) is 0 Å². The van der Waals surface area contributed by atoms with Gasteiger partial charge >= 0.3 is 0 Å². The Labute approximate surface area is 296 Å². The fourth-order valence-electron chi connectivity index (χ4n) is 7.46. The Morgan fingerprint density at radius 1 is 0.902 bits per heavy atom. The van der Waals surface area contributed by atoms with E-state index in [9.17, 15) is 24.0 Å². The van der Waals surface area contributed by atoms with Crippen LogP contribution in [-0.4, -0.2) is 69.1 Å². The monoisotopic (exact) mass is 701 g/mol. The van der Waals surface area contributed by atoms with Crippen LogP contribution in [0.25, 0.3) is 0 Å². The largest absolute Gasteiger partial charge is 0.446 e. The van der Waals surface area contributed by atoms with Crippen molar-refractivity contribution in [2.24, 2.45) is 22.7 Å². The summed E-state index contributed by atoms with van der Waals surface area (Å²) in [6.45, 7) is 13.8. The molecule has 5 atom stereocenters. The molecule has 1 aliphatic carbocycles. The summed E-state index contributed by atoms with van der Waals surface area (Å²) in [5.74, 6) is -2.24. The number of carbonyl (C=O) groups is 5. The Hall–Kier alpha value is -5.01. The van der Waals surface area contributed by atoms with E-state index in [0.717, 1.165) is 5.56 Å². The number of nitrogens with zero attached hydrogens (tertiary/aromatic N) is 3. The molecule has 2 fully saturated rings. The average molecular weight is 702 g/mol. The molecule has 0 unspecified atom stereocenters. The van der Waals surface area contributed by atoms with Gasteiger partial charge < -0.3 is 35.0 Å². The maximum atomic E-state index is 14.2. The molecule has 272 valence electrons. The molecule has 14 nitrogen and oxygen atoms in total. The molecule has 1 saturated carbocycles. The van der Waals surface area contributed by atoms with E-state index in [0.29, 0.717) is 6.42 Å². The van der Waals surface area contributed by atoms with Gasteiger partial charge in [0.05, 0.1) is 0 Å². The third-order valence-electron chi connectivity index (χ3n) is 10.9. The van der Waals surface area contributed by atoms with Crippen LogP contribution in [0.5, 0.6) is 0 Å². The summed E-state index contributed by atoms with van der Waals surface area (Å²) in [6, 6.07) is 5.40. The zero-order valence-electron chi connectivity index (χ0n) is 30.1. The van der Waals surface area contributed by atoms with Gasteiger partial charge in [0.25, 0.3) is 11.8 Å². The standard InChI is InChI=1S/C37H47N7O7/c1-19(2)13-23-29(45)38-20(3)33-43-26(18-50-33)35(49)44-16-22(39-32(48)28-36(4,5)37(28,6)7)15-27(44)31(47)41-24(14-21-11-9-8-10-12-21)34-42-25(17-51-34)30(46)40-23/h8-12,17-20,22-24,27-28H,13-16H2,1-7H3,(H,38,45)(H,39,48)(H,40,46)(H,41,47)/t20-,22+,23-,24+,27+/m1/s1. The molecule has 6 rings (SSSR count). The molecule has 2 aliphatic heterocycles. The smallest absolute Gasteiger partial charge is 0.276 e. The maximum Gasteiger partial charge on any atom is 0.276 e. The van der Waals surface area contributed by atoms with Crippen molar-refractivity contribution in [3.8, 4) is 0 Å². The number of hydrogen-bond acceptors (Lipinski definition) is 9. The van der Waals surface area contributed by atoms with Crippen LogP contribution in [-0.2, 0) is 20.8 Å². The highest BCUT2D eigenvalue weighted by atomic mass is 16.3. The molecule has 51 heavy (non-hydrogen) atoms. The summed E-state index contributed by atoms with van der Waals surface area (Å²) in [5.41, 5.74) is 0.366. The Morgan fingerprint density at radius 3 is 2.22 bits per heavy atom. The van der Waals surface area contributed by atoms with Crippen LogP contribution < -0.4 is 21.3 Å². The third kappa shape index (κ3) is 7.13. The highest BCUT2D eigenvalue weighted by Crippen LogP contribution is 2.68. The van der Waals surface area contributed by atoms with Crippen LogP contribution in [0.3, 0.4) is 0 Å². The number of oxazole rings is 2. The van der Waals surface area contributed by atoms with Gasteiger partial charge in [-0.1, -0.05) is 71.9 Å². The molecule has 1 saturated heterocycles. The van der Waals surface area contributed by atoms with Crippen LogP contribution in [0, 0.1) is 22.7 Å². The highest BCUT2D eigenvalue weighted by molar-refractivity contribution is 5.97. The van der Waals surface area contributed by atoms with Gasteiger partial charge in [0.2, 0.25) is 29.5 Å². The van der Waals surface area contributed by atoms with Gasteiger partial charge in [-0.15, -0.1) is 0 Å². The molecule has 0 spiro atoms. The molecule has 4 N–H and O–H groups in total. The first-order valence-electron chi connectivity index (χ1n) is 17.5. The second-order valence-corrected chi connectivity index (χ2v) is 15.6. The maximum absolute atomic E-state index is 14.2. The van der Waals surface area contributed by atoms with Crippen LogP contribution in [0.15, 0.2) is 51.7 Å². The molecule has 4 bridgehead atoms. The number of fused-ring (bicyclic) bond motifs is 5. The fourth-order valence-corrected chi connectivity index (χ4v) is 7.46. The lowest BCUT2D eigenvalue weighted by molar-refractivity contribution is -0.126. The number of rotatable bonds is 6. The third-order valence-corrected chi connectivity index (χ3v) is 10.9. The van der Waals surface area contributed by atoms with E-state index in [1.54, 1.807) is 6.92 Å². The van der Waals surface area contributed by atoms with Crippen molar-refractivity contribution >= 4 is 29.5 Å². The fraction of sp³-hybridized carbons (Fsp3) is 0.541. The lowest BCUT2D eigenvalue weighted by atomic mass is 10.0. The zero-order valence-corrected chi connectivity index (χ0v) is 30.1. The van der Waals surface area contributed by atoms with Crippen LogP contribution in [0.1, 0.15) is 112 Å². The van der Waals surface area contributed by atoms with E-state index in [4.69, 9.17) is 8.83 Å². The summed E-state index contributed by atoms with van der Waals surface area (Å²) in [6.07, 6.45) is 3.15. The van der Waals surface area contributed by atoms with Crippen molar-refractivity contribution in [3.05, 3.63) is 71.6 Å². The van der Waals surface area contributed by atoms with Crippen LogP contribution in [0.2, 0.25) is 0 Å².